The van der Waals surface area contributed by atoms with Gasteiger partial charge in [0.25, 0.3) is 0 Å². The van der Waals surface area contributed by atoms with Crippen LogP contribution in [0.3, 0.4) is 0 Å². The van der Waals surface area contributed by atoms with Crippen molar-refractivity contribution in [2.24, 2.45) is 0 Å². The molecule has 0 aliphatic carbocycles. The van der Waals surface area contributed by atoms with E-state index in [4.69, 9.17) is 14.2 Å². The maximum atomic E-state index is 12.9. The summed E-state index contributed by atoms with van der Waals surface area (Å²) in [6.45, 7) is 6.52. The molecule has 1 atom stereocenters. The lowest BCUT2D eigenvalue weighted by molar-refractivity contribution is -0.167. The molecule has 78 heavy (non-hydrogen) atoms. The topological polar surface area (TPSA) is 78.9 Å². The highest BCUT2D eigenvalue weighted by Crippen LogP contribution is 2.17. The molecule has 0 fully saturated rings. The van der Waals surface area contributed by atoms with Crippen LogP contribution in [0.5, 0.6) is 0 Å². The zero-order valence-electron chi connectivity index (χ0n) is 51.7. The SMILES string of the molecule is CC/C=C\C/C=C\C/C=C\C/C=C\C/C=C\CCCCCCCCCCCCCCCC(=O)OCC(COC(=O)CCCCCCCCCC)OC(=O)CCCCCCCCCCCCC/C=C\C/C=C\CCCCCCC. The van der Waals surface area contributed by atoms with E-state index in [2.05, 4.69) is 106 Å². The molecule has 6 nitrogen and oxygen atoms in total. The first-order valence-corrected chi connectivity index (χ1v) is 33.6. The first kappa shape index (κ1) is 74.6. The maximum Gasteiger partial charge on any atom is 0.306 e. The minimum Gasteiger partial charge on any atom is -0.462 e. The molecule has 0 bridgehead atoms. The third kappa shape index (κ3) is 63.4. The van der Waals surface area contributed by atoms with E-state index in [-0.39, 0.29) is 31.1 Å². The van der Waals surface area contributed by atoms with E-state index in [0.717, 1.165) is 96.3 Å². The number of carbonyl (C=O) groups is 3. The van der Waals surface area contributed by atoms with Crippen molar-refractivity contribution in [1.29, 1.82) is 0 Å². The largest absolute Gasteiger partial charge is 0.462 e. The monoisotopic (exact) mass is 1090 g/mol. The van der Waals surface area contributed by atoms with Crippen molar-refractivity contribution in [2.45, 2.75) is 341 Å². The molecule has 0 aliphatic rings. The molecule has 0 heterocycles. The van der Waals surface area contributed by atoms with Gasteiger partial charge in [0.1, 0.15) is 13.2 Å². The lowest BCUT2D eigenvalue weighted by atomic mass is 10.0. The van der Waals surface area contributed by atoms with Gasteiger partial charge in [0.2, 0.25) is 0 Å². The second kappa shape index (κ2) is 66.1. The Labute approximate surface area is 484 Å². The quantitative estimate of drug-likeness (QED) is 0.0261. The van der Waals surface area contributed by atoms with Crippen molar-refractivity contribution in [3.05, 3.63) is 85.1 Å². The molecule has 0 saturated carbocycles. The Morgan fingerprint density at radius 1 is 0.269 bits per heavy atom. The van der Waals surface area contributed by atoms with Gasteiger partial charge in [0.15, 0.2) is 6.10 Å². The lowest BCUT2D eigenvalue weighted by Gasteiger charge is -2.18. The van der Waals surface area contributed by atoms with Gasteiger partial charge in [0, 0.05) is 19.3 Å². The van der Waals surface area contributed by atoms with Gasteiger partial charge in [-0.2, -0.15) is 0 Å². The zero-order chi connectivity index (χ0) is 56.4. The average molecular weight is 1090 g/mol. The third-order valence-electron chi connectivity index (χ3n) is 14.6. The molecule has 0 aromatic rings. The fraction of sp³-hybridized carbons (Fsp3) is 0.764. The Bertz CT molecular complexity index is 1480. The van der Waals surface area contributed by atoms with Crippen molar-refractivity contribution in [3.63, 3.8) is 0 Å². The Hall–Kier alpha value is -3.41. The number of esters is 3. The van der Waals surface area contributed by atoms with E-state index in [9.17, 15) is 14.4 Å². The zero-order valence-corrected chi connectivity index (χ0v) is 51.7. The van der Waals surface area contributed by atoms with Crippen LogP contribution in [0.4, 0.5) is 0 Å². The van der Waals surface area contributed by atoms with Crippen LogP contribution in [0.25, 0.3) is 0 Å². The molecule has 0 aromatic carbocycles. The highest BCUT2D eigenvalue weighted by atomic mass is 16.6. The molecule has 0 aliphatic heterocycles. The van der Waals surface area contributed by atoms with Crippen molar-refractivity contribution in [2.75, 3.05) is 13.2 Å². The molecule has 0 N–H and O–H groups in total. The summed E-state index contributed by atoms with van der Waals surface area (Å²) in [5.74, 6) is -0.867. The second-order valence-corrected chi connectivity index (χ2v) is 22.4. The minimum atomic E-state index is -0.775. The number of allylic oxidation sites excluding steroid dienone is 14. The smallest absolute Gasteiger partial charge is 0.306 e. The fourth-order valence-electron chi connectivity index (χ4n) is 9.62. The molecule has 450 valence electrons. The van der Waals surface area contributed by atoms with Crippen LogP contribution >= 0.6 is 0 Å². The molecular formula is C72H126O6. The van der Waals surface area contributed by atoms with E-state index < -0.39 is 6.10 Å². The number of hydrogen-bond donors (Lipinski definition) is 0. The van der Waals surface area contributed by atoms with E-state index in [1.807, 2.05) is 0 Å². The predicted octanol–water partition coefficient (Wildman–Crippen LogP) is 23.1. The Balaban J connectivity index is 4.13. The van der Waals surface area contributed by atoms with E-state index >= 15 is 0 Å². The number of unbranched alkanes of at least 4 members (excludes halogenated alkanes) is 36. The molecule has 1 unspecified atom stereocenters. The van der Waals surface area contributed by atoms with Crippen LogP contribution in [0.1, 0.15) is 335 Å². The Kier molecular flexibility index (Phi) is 63.2. The highest BCUT2D eigenvalue weighted by Gasteiger charge is 2.19. The molecule has 0 spiro atoms. The normalized spacial score (nSPS) is 12.6. The standard InChI is InChI=1S/C72H126O6/c1-4-7-10-13-16-19-21-23-25-27-29-31-33-34-35-36-37-38-40-41-43-45-47-49-51-53-56-59-62-65-71(74)77-68-69(67-76-70(73)64-61-58-55-18-15-12-9-6-3)78-72(75)66-63-60-57-54-52-50-48-46-44-42-39-32-30-28-26-24-22-20-17-14-11-8-5-2/h7,10,16,19,22-25,28-31,34-35,69H,4-6,8-9,11-15,17-18,20-21,26-27,32-33,36-68H2,1-3H3/b10-7-,19-16-,24-22-,25-23-,30-28-,31-29-,35-34-. The van der Waals surface area contributed by atoms with E-state index in [0.29, 0.717) is 19.3 Å². The third-order valence-corrected chi connectivity index (χ3v) is 14.6. The van der Waals surface area contributed by atoms with Gasteiger partial charge >= 0.3 is 17.9 Å². The van der Waals surface area contributed by atoms with Gasteiger partial charge < -0.3 is 14.2 Å². The lowest BCUT2D eigenvalue weighted by Crippen LogP contribution is -2.30. The van der Waals surface area contributed by atoms with Crippen LogP contribution in [0.2, 0.25) is 0 Å². The molecule has 0 amide bonds. The minimum absolute atomic E-state index is 0.0738. The average Bonchev–Trinajstić information content (AvgIpc) is 3.44. The van der Waals surface area contributed by atoms with Gasteiger partial charge in [-0.15, -0.1) is 0 Å². The van der Waals surface area contributed by atoms with Crippen molar-refractivity contribution in [3.8, 4) is 0 Å². The van der Waals surface area contributed by atoms with Crippen LogP contribution in [-0.2, 0) is 28.6 Å². The van der Waals surface area contributed by atoms with Gasteiger partial charge in [-0.05, 0) is 96.3 Å². The van der Waals surface area contributed by atoms with Gasteiger partial charge in [-0.3, -0.25) is 14.4 Å². The second-order valence-electron chi connectivity index (χ2n) is 22.4. The summed E-state index contributed by atoms with van der Waals surface area (Å²) >= 11 is 0. The number of rotatable bonds is 61. The van der Waals surface area contributed by atoms with Gasteiger partial charge in [0.05, 0.1) is 0 Å². The summed E-state index contributed by atoms with van der Waals surface area (Å²) in [5.41, 5.74) is 0. The number of carbonyl (C=O) groups excluding carboxylic acids is 3. The molecule has 0 saturated heterocycles. The molecule has 0 rings (SSSR count). The first-order chi connectivity index (χ1) is 38.5. The summed E-state index contributed by atoms with van der Waals surface area (Å²) in [7, 11) is 0. The molecule has 6 heteroatoms. The summed E-state index contributed by atoms with van der Waals surface area (Å²) in [5, 5.41) is 0. The Morgan fingerprint density at radius 3 is 0.782 bits per heavy atom. The van der Waals surface area contributed by atoms with Gasteiger partial charge in [-0.25, -0.2) is 0 Å². The molecule has 0 radical (unpaired) electrons. The fourth-order valence-corrected chi connectivity index (χ4v) is 9.62. The van der Waals surface area contributed by atoms with Crippen molar-refractivity contribution in [1.82, 2.24) is 0 Å². The maximum absolute atomic E-state index is 12.9. The van der Waals surface area contributed by atoms with Gasteiger partial charge in [-0.1, -0.05) is 305 Å². The van der Waals surface area contributed by atoms with Crippen LogP contribution < -0.4 is 0 Å². The van der Waals surface area contributed by atoms with E-state index in [1.54, 1.807) is 0 Å². The van der Waals surface area contributed by atoms with Crippen LogP contribution in [-0.4, -0.2) is 37.2 Å². The highest BCUT2D eigenvalue weighted by molar-refractivity contribution is 5.71. The van der Waals surface area contributed by atoms with E-state index in [1.165, 1.54) is 199 Å². The summed E-state index contributed by atoms with van der Waals surface area (Å²) in [6.07, 6.45) is 87.6. The molecule has 0 aromatic heterocycles. The van der Waals surface area contributed by atoms with Crippen LogP contribution in [0, 0.1) is 0 Å². The Morgan fingerprint density at radius 2 is 0.500 bits per heavy atom. The summed E-state index contributed by atoms with van der Waals surface area (Å²) in [4.78, 5) is 38.2. The van der Waals surface area contributed by atoms with Crippen LogP contribution in [0.15, 0.2) is 85.1 Å². The predicted molar refractivity (Wildman–Crippen MR) is 339 cm³/mol. The van der Waals surface area contributed by atoms with Crippen molar-refractivity contribution >= 4 is 17.9 Å². The van der Waals surface area contributed by atoms with Crippen molar-refractivity contribution < 1.29 is 28.6 Å². The number of hydrogen-bond acceptors (Lipinski definition) is 6. The first-order valence-electron chi connectivity index (χ1n) is 33.6. The molecular weight excluding hydrogens is 961 g/mol. The number of ether oxygens (including phenoxy) is 3. The summed E-state index contributed by atoms with van der Waals surface area (Å²) in [6, 6.07) is 0. The summed E-state index contributed by atoms with van der Waals surface area (Å²) < 4.78 is 16.9.